The van der Waals surface area contributed by atoms with Crippen LogP contribution in [0, 0.1) is 5.92 Å². The van der Waals surface area contributed by atoms with E-state index in [1.807, 2.05) is 6.07 Å². The smallest absolute Gasteiger partial charge is 0.142 e. The van der Waals surface area contributed by atoms with Gasteiger partial charge in [0.25, 0.3) is 0 Å². The molecule has 1 aliphatic carbocycles. The number of hydrogen-bond donors (Lipinski definition) is 2. The molecule has 0 spiro atoms. The summed E-state index contributed by atoms with van der Waals surface area (Å²) in [4.78, 5) is 0. The molecular weight excluding hydrogens is 297 g/mol. The van der Waals surface area contributed by atoms with Crippen molar-refractivity contribution < 1.29 is 9.84 Å². The molecule has 3 nitrogen and oxygen atoms in total. The third kappa shape index (κ3) is 2.77. The average Bonchev–Trinajstić information content (AvgIpc) is 2.87. The lowest BCUT2D eigenvalue weighted by Gasteiger charge is -2.31. The van der Waals surface area contributed by atoms with Crippen molar-refractivity contribution in [1.82, 2.24) is 5.32 Å². The molecule has 2 N–H and O–H groups in total. The number of benzene rings is 1. The maximum Gasteiger partial charge on any atom is 0.142 e. The number of hydrogen-bond acceptors (Lipinski definition) is 3. The molecule has 0 radical (unpaired) electrons. The number of fused-ring (bicyclic) bond motifs is 1. The predicted molar refractivity (Wildman–Crippen MR) is 80.7 cm³/mol. The number of ether oxygens (including phenoxy) is 1. The summed E-state index contributed by atoms with van der Waals surface area (Å²) in [5.74, 6) is 1.11. The molecule has 110 valence electrons. The normalized spacial score (nSPS) is 29.1. The van der Waals surface area contributed by atoms with Crippen LogP contribution in [0.5, 0.6) is 5.75 Å². The first-order valence-corrected chi connectivity index (χ1v) is 7.93. The van der Waals surface area contributed by atoms with Crippen LogP contribution in [-0.2, 0) is 0 Å². The highest BCUT2D eigenvalue weighted by Gasteiger charge is 2.31. The van der Waals surface area contributed by atoms with Crippen molar-refractivity contribution in [3.63, 3.8) is 0 Å². The lowest BCUT2D eigenvalue weighted by atomic mass is 9.97. The molecule has 0 aromatic heterocycles. The number of aliphatic hydroxyl groups excluding tert-OH is 1. The van der Waals surface area contributed by atoms with Gasteiger partial charge >= 0.3 is 0 Å². The zero-order chi connectivity index (χ0) is 14.1. The van der Waals surface area contributed by atoms with Gasteiger partial charge in [-0.15, -0.1) is 0 Å². The van der Waals surface area contributed by atoms with Gasteiger partial charge in [0.1, 0.15) is 5.75 Å². The van der Waals surface area contributed by atoms with E-state index in [1.165, 1.54) is 6.42 Å². The molecule has 2 aliphatic rings. The third-order valence-electron chi connectivity index (χ3n) is 4.37. The lowest BCUT2D eigenvalue weighted by Crippen LogP contribution is -2.38. The van der Waals surface area contributed by atoms with Crippen molar-refractivity contribution in [3.05, 3.63) is 27.7 Å². The van der Waals surface area contributed by atoms with E-state index in [0.717, 1.165) is 30.6 Å². The predicted octanol–water partition coefficient (Wildman–Crippen LogP) is 3.57. The van der Waals surface area contributed by atoms with Gasteiger partial charge in [-0.05, 0) is 30.9 Å². The fourth-order valence-corrected chi connectivity index (χ4v) is 3.90. The van der Waals surface area contributed by atoms with Crippen molar-refractivity contribution in [2.24, 2.45) is 5.92 Å². The highest BCUT2D eigenvalue weighted by Crippen LogP contribution is 2.41. The molecule has 20 heavy (non-hydrogen) atoms. The quantitative estimate of drug-likeness (QED) is 0.896. The Morgan fingerprint density at radius 1 is 1.25 bits per heavy atom. The molecule has 3 unspecified atom stereocenters. The Balaban J connectivity index is 1.83. The van der Waals surface area contributed by atoms with Gasteiger partial charge in [-0.1, -0.05) is 29.6 Å². The summed E-state index contributed by atoms with van der Waals surface area (Å²) in [6.07, 6.45) is 4.29. The molecule has 3 rings (SSSR count). The zero-order valence-corrected chi connectivity index (χ0v) is 12.8. The van der Waals surface area contributed by atoms with E-state index >= 15 is 0 Å². The largest absolute Gasteiger partial charge is 0.492 e. The van der Waals surface area contributed by atoms with Crippen LogP contribution >= 0.6 is 23.2 Å². The molecule has 3 atom stereocenters. The maximum absolute atomic E-state index is 9.44. The summed E-state index contributed by atoms with van der Waals surface area (Å²) >= 11 is 12.3. The highest BCUT2D eigenvalue weighted by atomic mass is 35.5. The van der Waals surface area contributed by atoms with E-state index in [0.29, 0.717) is 28.6 Å². The van der Waals surface area contributed by atoms with Gasteiger partial charge in [0.2, 0.25) is 0 Å². The van der Waals surface area contributed by atoms with Gasteiger partial charge in [-0.25, -0.2) is 0 Å². The standard InChI is InChI=1S/C15H19Cl2NO2/c16-10-6-11-14(4-5-20-15(11)12(17)7-10)18-13-3-1-2-9(13)8-19/h6-7,9,13-14,18-19H,1-5,8H2. The number of aliphatic hydroxyl groups is 1. The maximum atomic E-state index is 9.44. The molecular formula is C15H19Cl2NO2. The van der Waals surface area contributed by atoms with Crippen molar-refractivity contribution in [1.29, 1.82) is 0 Å². The topological polar surface area (TPSA) is 41.5 Å². The monoisotopic (exact) mass is 315 g/mol. The fraction of sp³-hybridized carbons (Fsp3) is 0.600. The Morgan fingerprint density at radius 2 is 2.10 bits per heavy atom. The summed E-state index contributed by atoms with van der Waals surface area (Å²) in [5.41, 5.74) is 1.04. The minimum absolute atomic E-state index is 0.201. The van der Waals surface area contributed by atoms with Gasteiger partial charge in [-0.2, -0.15) is 0 Å². The molecule has 1 saturated carbocycles. The molecule has 1 aromatic rings. The summed E-state index contributed by atoms with van der Waals surface area (Å²) < 4.78 is 5.68. The Labute approximate surface area is 129 Å². The van der Waals surface area contributed by atoms with Crippen LogP contribution in [0.2, 0.25) is 10.0 Å². The van der Waals surface area contributed by atoms with Crippen LogP contribution < -0.4 is 10.1 Å². The van der Waals surface area contributed by atoms with Crippen LogP contribution in [0.4, 0.5) is 0 Å². The fourth-order valence-electron chi connectivity index (χ4n) is 3.33. The first-order chi connectivity index (χ1) is 9.69. The molecule has 0 bridgehead atoms. The molecule has 1 aromatic carbocycles. The molecule has 0 amide bonds. The summed E-state index contributed by atoms with van der Waals surface area (Å²) in [6, 6.07) is 4.22. The molecule has 1 aliphatic heterocycles. The summed E-state index contributed by atoms with van der Waals surface area (Å²) in [6.45, 7) is 0.909. The Kier molecular flexibility index (Phi) is 4.41. The number of halogens is 2. The van der Waals surface area contributed by atoms with Crippen molar-refractivity contribution in [2.75, 3.05) is 13.2 Å². The van der Waals surface area contributed by atoms with Gasteiger partial charge in [0, 0.05) is 35.7 Å². The third-order valence-corrected chi connectivity index (χ3v) is 4.87. The van der Waals surface area contributed by atoms with E-state index in [9.17, 15) is 5.11 Å². The molecule has 1 heterocycles. The number of rotatable bonds is 3. The average molecular weight is 316 g/mol. The van der Waals surface area contributed by atoms with E-state index in [-0.39, 0.29) is 12.6 Å². The second-order valence-corrected chi connectivity index (χ2v) is 6.49. The van der Waals surface area contributed by atoms with Crippen molar-refractivity contribution >= 4 is 23.2 Å². The summed E-state index contributed by atoms with van der Waals surface area (Å²) in [7, 11) is 0. The minimum atomic E-state index is 0.201. The molecule has 0 saturated heterocycles. The van der Waals surface area contributed by atoms with E-state index in [4.69, 9.17) is 27.9 Å². The van der Waals surface area contributed by atoms with Gasteiger partial charge in [0.15, 0.2) is 0 Å². The second kappa shape index (κ2) is 6.10. The van der Waals surface area contributed by atoms with Crippen molar-refractivity contribution in [2.45, 2.75) is 37.8 Å². The van der Waals surface area contributed by atoms with Gasteiger partial charge in [0.05, 0.1) is 11.6 Å². The van der Waals surface area contributed by atoms with E-state index in [2.05, 4.69) is 5.32 Å². The minimum Gasteiger partial charge on any atom is -0.492 e. The Bertz CT molecular complexity index is 495. The van der Waals surface area contributed by atoms with Crippen LogP contribution in [0.1, 0.15) is 37.3 Å². The van der Waals surface area contributed by atoms with Gasteiger partial charge < -0.3 is 15.2 Å². The first kappa shape index (κ1) is 14.5. The highest BCUT2D eigenvalue weighted by molar-refractivity contribution is 6.35. The Hall–Kier alpha value is -0.480. The van der Waals surface area contributed by atoms with E-state index in [1.54, 1.807) is 6.07 Å². The van der Waals surface area contributed by atoms with Crippen LogP contribution in [0.15, 0.2) is 12.1 Å². The number of nitrogens with one attached hydrogen (secondary N) is 1. The van der Waals surface area contributed by atoms with Crippen molar-refractivity contribution in [3.8, 4) is 5.75 Å². The summed E-state index contributed by atoms with van der Waals surface area (Å²) in [5, 5.41) is 14.3. The van der Waals surface area contributed by atoms with Crippen LogP contribution in [-0.4, -0.2) is 24.4 Å². The first-order valence-electron chi connectivity index (χ1n) is 7.17. The van der Waals surface area contributed by atoms with Crippen LogP contribution in [0.25, 0.3) is 0 Å². The van der Waals surface area contributed by atoms with Crippen LogP contribution in [0.3, 0.4) is 0 Å². The zero-order valence-electron chi connectivity index (χ0n) is 11.2. The van der Waals surface area contributed by atoms with Gasteiger partial charge in [-0.3, -0.25) is 0 Å². The molecule has 5 heteroatoms. The second-order valence-electron chi connectivity index (χ2n) is 5.64. The Morgan fingerprint density at radius 3 is 2.90 bits per heavy atom. The van der Waals surface area contributed by atoms with E-state index < -0.39 is 0 Å². The SMILES string of the molecule is OCC1CCCC1NC1CCOc2c(Cl)cc(Cl)cc21. The molecule has 1 fully saturated rings. The lowest BCUT2D eigenvalue weighted by molar-refractivity contribution is 0.186.